The summed E-state index contributed by atoms with van der Waals surface area (Å²) in [6.45, 7) is 1.71. The highest BCUT2D eigenvalue weighted by atomic mass is 32.2. The summed E-state index contributed by atoms with van der Waals surface area (Å²) >= 11 is 0. The molecule has 2 aromatic carbocycles. The molecule has 0 atom stereocenters. The van der Waals surface area contributed by atoms with Gasteiger partial charge in [-0.15, -0.1) is 0 Å². The summed E-state index contributed by atoms with van der Waals surface area (Å²) in [5.74, 6) is 0.173. The molecule has 0 radical (unpaired) electrons. The van der Waals surface area contributed by atoms with Crippen LogP contribution in [-0.2, 0) is 19.9 Å². The first-order chi connectivity index (χ1) is 15.6. The summed E-state index contributed by atoms with van der Waals surface area (Å²) in [6, 6.07) is 12.4. The van der Waals surface area contributed by atoms with E-state index in [1.54, 1.807) is 31.3 Å². The van der Waals surface area contributed by atoms with Crippen LogP contribution in [0.2, 0.25) is 0 Å². The number of sulfone groups is 1. The smallest absolute Gasteiger partial charge is 0.253 e. The van der Waals surface area contributed by atoms with Crippen LogP contribution >= 0.6 is 0 Å². The SMILES string of the molecule is CN(CCCOc1cccc(S(C)(=O)=O)c1)C(=O)c1cccc(S(=O)(=O)N2CCCCC2)c1. The van der Waals surface area contributed by atoms with E-state index in [2.05, 4.69) is 0 Å². The third-order valence-electron chi connectivity index (χ3n) is 5.52. The molecular weight excluding hydrogens is 464 g/mol. The highest BCUT2D eigenvalue weighted by Crippen LogP contribution is 2.22. The number of piperidine rings is 1. The van der Waals surface area contributed by atoms with Gasteiger partial charge in [0.05, 0.1) is 16.4 Å². The molecule has 33 heavy (non-hydrogen) atoms. The zero-order chi connectivity index (χ0) is 24.1. The average molecular weight is 495 g/mol. The highest BCUT2D eigenvalue weighted by Gasteiger charge is 2.26. The second-order valence-electron chi connectivity index (χ2n) is 8.17. The minimum absolute atomic E-state index is 0.137. The number of benzene rings is 2. The maximum absolute atomic E-state index is 12.9. The number of amides is 1. The quantitative estimate of drug-likeness (QED) is 0.497. The number of hydrogen-bond donors (Lipinski definition) is 0. The minimum atomic E-state index is -3.61. The molecular formula is C23H30N2O6S2. The molecule has 0 bridgehead atoms. The third kappa shape index (κ3) is 6.55. The lowest BCUT2D eigenvalue weighted by atomic mass is 10.2. The molecule has 3 rings (SSSR count). The van der Waals surface area contributed by atoms with Gasteiger partial charge in [-0.2, -0.15) is 4.31 Å². The van der Waals surface area contributed by atoms with Gasteiger partial charge in [0.2, 0.25) is 10.0 Å². The molecule has 0 spiro atoms. The van der Waals surface area contributed by atoms with Crippen LogP contribution in [0.1, 0.15) is 36.0 Å². The Hall–Kier alpha value is -2.43. The van der Waals surface area contributed by atoms with Crippen LogP contribution < -0.4 is 4.74 Å². The molecule has 0 aliphatic carbocycles. The van der Waals surface area contributed by atoms with E-state index in [0.717, 1.165) is 25.5 Å². The predicted molar refractivity (Wildman–Crippen MR) is 126 cm³/mol. The molecule has 1 saturated heterocycles. The van der Waals surface area contributed by atoms with Gasteiger partial charge >= 0.3 is 0 Å². The lowest BCUT2D eigenvalue weighted by Gasteiger charge is -2.26. The molecule has 180 valence electrons. The topological polar surface area (TPSA) is 101 Å². The fourth-order valence-electron chi connectivity index (χ4n) is 3.65. The number of carbonyl (C=O) groups is 1. The normalized spacial score (nSPS) is 15.2. The van der Waals surface area contributed by atoms with Crippen LogP contribution in [0.3, 0.4) is 0 Å². The number of nitrogens with zero attached hydrogens (tertiary/aromatic N) is 2. The van der Waals surface area contributed by atoms with Crippen LogP contribution in [0.5, 0.6) is 5.75 Å². The third-order valence-corrected chi connectivity index (χ3v) is 8.53. The second-order valence-corrected chi connectivity index (χ2v) is 12.1. The minimum Gasteiger partial charge on any atom is -0.493 e. The lowest BCUT2D eigenvalue weighted by Crippen LogP contribution is -2.35. The first kappa shape index (κ1) is 25.2. The molecule has 1 fully saturated rings. The Balaban J connectivity index is 1.57. The van der Waals surface area contributed by atoms with Crippen molar-refractivity contribution in [3.63, 3.8) is 0 Å². The van der Waals surface area contributed by atoms with E-state index in [9.17, 15) is 21.6 Å². The van der Waals surface area contributed by atoms with E-state index in [4.69, 9.17) is 4.74 Å². The summed E-state index contributed by atoms with van der Waals surface area (Å²) in [7, 11) is -5.27. The maximum Gasteiger partial charge on any atom is 0.253 e. The molecule has 1 amide bonds. The van der Waals surface area contributed by atoms with Crippen LogP contribution in [0.4, 0.5) is 0 Å². The van der Waals surface area contributed by atoms with E-state index < -0.39 is 19.9 Å². The summed E-state index contributed by atoms with van der Waals surface area (Å²) in [4.78, 5) is 14.7. The first-order valence-corrected chi connectivity index (χ1v) is 14.2. The van der Waals surface area contributed by atoms with E-state index in [1.165, 1.54) is 33.5 Å². The fraction of sp³-hybridized carbons (Fsp3) is 0.435. The van der Waals surface area contributed by atoms with E-state index >= 15 is 0 Å². The van der Waals surface area contributed by atoms with Gasteiger partial charge in [0.15, 0.2) is 9.84 Å². The zero-order valence-electron chi connectivity index (χ0n) is 18.9. The zero-order valence-corrected chi connectivity index (χ0v) is 20.6. The van der Waals surface area contributed by atoms with Crippen LogP contribution in [-0.4, -0.2) is 71.5 Å². The standard InChI is InChI=1S/C23H30N2O6S2/c1-24(13-8-16-31-20-10-7-11-21(18-20)32(2,27)28)23(26)19-9-6-12-22(17-19)33(29,30)25-14-4-3-5-15-25/h6-7,9-12,17-18H,3-5,8,13-16H2,1-2H3. The van der Waals surface area contributed by atoms with E-state index in [1.807, 2.05) is 0 Å². The predicted octanol–water partition coefficient (Wildman–Crippen LogP) is 2.81. The largest absolute Gasteiger partial charge is 0.493 e. The Bertz CT molecular complexity index is 1190. The van der Waals surface area contributed by atoms with Crippen molar-refractivity contribution in [2.24, 2.45) is 0 Å². The van der Waals surface area contributed by atoms with Gasteiger partial charge < -0.3 is 9.64 Å². The van der Waals surface area contributed by atoms with Crippen molar-refractivity contribution in [1.82, 2.24) is 9.21 Å². The molecule has 2 aromatic rings. The Labute approximate surface area is 196 Å². The maximum atomic E-state index is 12.9. The summed E-state index contributed by atoms with van der Waals surface area (Å²) < 4.78 is 56.2. The second kappa shape index (κ2) is 10.7. The number of carbonyl (C=O) groups excluding carboxylic acids is 1. The van der Waals surface area contributed by atoms with Gasteiger partial charge in [0.1, 0.15) is 5.75 Å². The number of sulfonamides is 1. The van der Waals surface area contributed by atoms with Crippen LogP contribution in [0, 0.1) is 0 Å². The van der Waals surface area contributed by atoms with Crippen LogP contribution in [0.25, 0.3) is 0 Å². The van der Waals surface area contributed by atoms with E-state index in [0.29, 0.717) is 44.0 Å². The summed E-state index contributed by atoms with van der Waals surface area (Å²) in [6.07, 6.45) is 4.39. The Morgan fingerprint density at radius 3 is 2.33 bits per heavy atom. The monoisotopic (exact) mass is 494 g/mol. The molecule has 1 aliphatic heterocycles. The number of ether oxygens (including phenoxy) is 1. The Morgan fingerprint density at radius 1 is 0.970 bits per heavy atom. The van der Waals surface area contributed by atoms with Crippen molar-refractivity contribution in [2.45, 2.75) is 35.5 Å². The van der Waals surface area contributed by atoms with Crippen molar-refractivity contribution in [3.05, 3.63) is 54.1 Å². The van der Waals surface area contributed by atoms with Crippen molar-refractivity contribution in [1.29, 1.82) is 0 Å². The van der Waals surface area contributed by atoms with Gasteiger partial charge in [0, 0.05) is 38.5 Å². The molecule has 8 nitrogen and oxygen atoms in total. The van der Waals surface area contributed by atoms with Crippen molar-refractivity contribution in [2.75, 3.05) is 39.5 Å². The Kier molecular flexibility index (Phi) is 8.14. The fourth-order valence-corrected chi connectivity index (χ4v) is 5.87. The van der Waals surface area contributed by atoms with E-state index in [-0.39, 0.29) is 15.7 Å². The molecule has 1 heterocycles. The van der Waals surface area contributed by atoms with Crippen molar-refractivity contribution < 1.29 is 26.4 Å². The van der Waals surface area contributed by atoms with Gasteiger partial charge in [-0.3, -0.25) is 4.79 Å². The van der Waals surface area contributed by atoms with Gasteiger partial charge in [-0.25, -0.2) is 16.8 Å². The molecule has 0 aromatic heterocycles. The highest BCUT2D eigenvalue weighted by molar-refractivity contribution is 7.90. The van der Waals surface area contributed by atoms with Gasteiger partial charge in [-0.05, 0) is 55.7 Å². The lowest BCUT2D eigenvalue weighted by molar-refractivity contribution is 0.0787. The first-order valence-electron chi connectivity index (χ1n) is 10.9. The molecule has 10 heteroatoms. The van der Waals surface area contributed by atoms with Crippen molar-refractivity contribution in [3.8, 4) is 5.75 Å². The molecule has 0 N–H and O–H groups in total. The molecule has 1 aliphatic rings. The number of rotatable bonds is 9. The van der Waals surface area contributed by atoms with Gasteiger partial charge in [0.25, 0.3) is 5.91 Å². The van der Waals surface area contributed by atoms with Crippen molar-refractivity contribution >= 4 is 25.8 Å². The summed E-state index contributed by atoms with van der Waals surface area (Å²) in [5, 5.41) is 0. The number of hydrogen-bond acceptors (Lipinski definition) is 6. The van der Waals surface area contributed by atoms with Gasteiger partial charge in [-0.1, -0.05) is 18.6 Å². The molecule has 0 unspecified atom stereocenters. The average Bonchev–Trinajstić information content (AvgIpc) is 2.81. The molecule has 0 saturated carbocycles. The van der Waals surface area contributed by atoms with Crippen LogP contribution in [0.15, 0.2) is 58.3 Å². The Morgan fingerprint density at radius 2 is 1.64 bits per heavy atom. The summed E-state index contributed by atoms with van der Waals surface area (Å²) in [5.41, 5.74) is 0.317.